The van der Waals surface area contributed by atoms with E-state index in [0.717, 1.165) is 70.5 Å². The lowest BCUT2D eigenvalue weighted by atomic mass is 9.79. The molecule has 4 rings (SSSR count). The van der Waals surface area contributed by atoms with Crippen LogP contribution in [0.25, 0.3) is 0 Å². The second-order valence-corrected chi connectivity index (χ2v) is 16.6. The third-order valence-corrected chi connectivity index (χ3v) is 12.1. The Kier molecular flexibility index (Phi) is 17.2. The number of aliphatic hydroxyl groups excluding tert-OH is 3. The Morgan fingerprint density at radius 3 is 2.15 bits per heavy atom. The topological polar surface area (TPSA) is 132 Å². The lowest BCUT2D eigenvalue weighted by molar-refractivity contribution is -0.304. The first-order valence-electron chi connectivity index (χ1n) is 20.3. The highest BCUT2D eigenvalue weighted by Gasteiger charge is 2.47. The van der Waals surface area contributed by atoms with E-state index in [4.69, 9.17) is 14.2 Å². The van der Waals surface area contributed by atoms with Gasteiger partial charge in [-0.25, -0.2) is 0 Å². The van der Waals surface area contributed by atoms with Crippen LogP contribution in [0, 0.1) is 23.7 Å². The number of carbonyl (C=O) groups excluding carboxylic acids is 2. The van der Waals surface area contributed by atoms with E-state index < -0.39 is 54.7 Å². The van der Waals surface area contributed by atoms with Crippen molar-refractivity contribution in [2.24, 2.45) is 23.7 Å². The van der Waals surface area contributed by atoms with Crippen molar-refractivity contribution in [3.8, 4) is 0 Å². The first kappa shape index (κ1) is 43.0. The molecule has 12 atom stereocenters. The fourth-order valence-corrected chi connectivity index (χ4v) is 8.83. The smallest absolute Gasteiger partial charge is 0.308 e. The molecule has 0 aromatic rings. The number of likely N-dealkylation sites (N-methyl/N-ethyl adjacent to an activating group) is 1. The highest BCUT2D eigenvalue weighted by Crippen LogP contribution is 2.35. The van der Waals surface area contributed by atoms with E-state index in [1.165, 1.54) is 12.8 Å². The minimum absolute atomic E-state index is 0.0270. The van der Waals surface area contributed by atoms with Gasteiger partial charge in [0.1, 0.15) is 12.2 Å². The third-order valence-electron chi connectivity index (χ3n) is 12.1. The summed E-state index contributed by atoms with van der Waals surface area (Å²) in [5, 5.41) is 34.2. The number of hydrogen-bond donors (Lipinski definition) is 3. The number of cyclic esters (lactones) is 1. The number of hydrogen-bond acceptors (Lipinski definition) is 11. The van der Waals surface area contributed by atoms with Crippen molar-refractivity contribution in [2.45, 2.75) is 148 Å². The van der Waals surface area contributed by atoms with Gasteiger partial charge in [-0.3, -0.25) is 9.59 Å². The molecule has 0 spiro atoms. The number of esters is 1. The van der Waals surface area contributed by atoms with Crippen LogP contribution in [-0.4, -0.2) is 144 Å². The van der Waals surface area contributed by atoms with E-state index in [-0.39, 0.29) is 36.1 Å². The van der Waals surface area contributed by atoms with Crippen molar-refractivity contribution < 1.29 is 39.1 Å². The molecule has 4 aliphatic heterocycles. The van der Waals surface area contributed by atoms with Gasteiger partial charge in [-0.1, -0.05) is 51.3 Å². The van der Waals surface area contributed by atoms with Crippen LogP contribution in [0.4, 0.5) is 0 Å². The highest BCUT2D eigenvalue weighted by molar-refractivity contribution is 5.91. The Labute approximate surface area is 313 Å². The molecule has 3 fully saturated rings. The number of allylic oxidation sites excluding steroid dienone is 3. The SMILES string of the molecule is CC[C@H]1OC(=O)C[C@@H](O)[C@H](C)[C@@H](OC2O[C@@H](C)[C@@H](O)[C@H](N(C)C)[C@@H]2O)[C@@H](CCN2CCCCC2)C[C@@H](C)C(=O)/C=C/C(C)=C/[C@@H]1CN1CCCCC1. The number of nitrogens with zero attached hydrogens (tertiary/aromatic N) is 3. The Balaban J connectivity index is 1.68. The fraction of sp³-hybridized carbons (Fsp3) is 0.854. The van der Waals surface area contributed by atoms with Gasteiger partial charge in [0.15, 0.2) is 12.1 Å². The largest absolute Gasteiger partial charge is 0.462 e. The third kappa shape index (κ3) is 12.2. The van der Waals surface area contributed by atoms with Crippen molar-refractivity contribution in [3.05, 3.63) is 23.8 Å². The maximum absolute atomic E-state index is 13.8. The summed E-state index contributed by atoms with van der Waals surface area (Å²) < 4.78 is 19.1. The molecule has 0 aromatic carbocycles. The number of rotatable bonds is 9. The lowest BCUT2D eigenvalue weighted by Crippen LogP contribution is -2.63. The highest BCUT2D eigenvalue weighted by atomic mass is 16.7. The minimum atomic E-state index is -1.17. The number of ether oxygens (including phenoxy) is 3. The molecular formula is C41H71N3O8. The van der Waals surface area contributed by atoms with Crippen LogP contribution in [0.2, 0.25) is 0 Å². The normalized spacial score (nSPS) is 40.2. The molecule has 3 N–H and O–H groups in total. The average molecular weight is 734 g/mol. The second kappa shape index (κ2) is 20.8. The van der Waals surface area contributed by atoms with Crippen LogP contribution >= 0.6 is 0 Å². The summed E-state index contributed by atoms with van der Waals surface area (Å²) in [6.07, 6.45) is 8.49. The van der Waals surface area contributed by atoms with Crippen molar-refractivity contribution >= 4 is 11.8 Å². The Bertz CT molecular complexity index is 1170. The van der Waals surface area contributed by atoms with Crippen LogP contribution in [0.15, 0.2) is 23.8 Å². The van der Waals surface area contributed by atoms with Crippen molar-refractivity contribution in [2.75, 3.05) is 53.4 Å². The zero-order chi connectivity index (χ0) is 37.9. The molecule has 4 aliphatic rings. The molecule has 0 saturated carbocycles. The molecule has 11 nitrogen and oxygen atoms in total. The molecule has 0 bridgehead atoms. The van der Waals surface area contributed by atoms with Gasteiger partial charge in [-0.2, -0.15) is 0 Å². The van der Waals surface area contributed by atoms with Crippen LogP contribution in [-0.2, 0) is 23.8 Å². The van der Waals surface area contributed by atoms with Gasteiger partial charge in [0.2, 0.25) is 0 Å². The summed E-state index contributed by atoms with van der Waals surface area (Å²) in [6.45, 7) is 15.3. The summed E-state index contributed by atoms with van der Waals surface area (Å²) >= 11 is 0. The fourth-order valence-electron chi connectivity index (χ4n) is 8.83. The molecular weight excluding hydrogens is 662 g/mol. The molecule has 11 heteroatoms. The number of carbonyl (C=O) groups is 2. The average Bonchev–Trinajstić information content (AvgIpc) is 3.12. The maximum Gasteiger partial charge on any atom is 0.308 e. The monoisotopic (exact) mass is 734 g/mol. The Hall–Kier alpha value is -1.70. The van der Waals surface area contributed by atoms with Gasteiger partial charge in [0.25, 0.3) is 0 Å². The van der Waals surface area contributed by atoms with Gasteiger partial charge in [-0.05, 0) is 118 Å². The molecule has 0 amide bonds. The molecule has 0 aliphatic carbocycles. The Morgan fingerprint density at radius 2 is 1.54 bits per heavy atom. The van der Waals surface area contributed by atoms with E-state index in [2.05, 4.69) is 15.9 Å². The molecule has 0 aromatic heterocycles. The van der Waals surface area contributed by atoms with Crippen molar-refractivity contribution in [1.82, 2.24) is 14.7 Å². The van der Waals surface area contributed by atoms with Crippen LogP contribution in [0.5, 0.6) is 0 Å². The molecule has 52 heavy (non-hydrogen) atoms. The second-order valence-electron chi connectivity index (χ2n) is 16.6. The summed E-state index contributed by atoms with van der Waals surface area (Å²) in [5.41, 5.74) is 0.954. The van der Waals surface area contributed by atoms with E-state index in [9.17, 15) is 24.9 Å². The van der Waals surface area contributed by atoms with Crippen molar-refractivity contribution in [1.29, 1.82) is 0 Å². The quantitative estimate of drug-likeness (QED) is 0.295. The van der Waals surface area contributed by atoms with Gasteiger partial charge in [0, 0.05) is 24.3 Å². The number of ketones is 1. The summed E-state index contributed by atoms with van der Waals surface area (Å²) in [6, 6.07) is -0.632. The predicted octanol–water partition coefficient (Wildman–Crippen LogP) is 4.18. The van der Waals surface area contributed by atoms with E-state index in [1.54, 1.807) is 32.0 Å². The predicted molar refractivity (Wildman–Crippen MR) is 203 cm³/mol. The number of piperidine rings is 2. The lowest BCUT2D eigenvalue weighted by Gasteiger charge is -2.47. The van der Waals surface area contributed by atoms with E-state index in [1.807, 2.05) is 33.8 Å². The van der Waals surface area contributed by atoms with Crippen LogP contribution < -0.4 is 0 Å². The molecule has 0 radical (unpaired) electrons. The molecule has 4 heterocycles. The summed E-state index contributed by atoms with van der Waals surface area (Å²) in [4.78, 5) is 34.1. The number of likely N-dealkylation sites (tertiary alicyclic amines) is 2. The summed E-state index contributed by atoms with van der Waals surface area (Å²) in [5.74, 6) is -1.58. The van der Waals surface area contributed by atoms with Gasteiger partial charge >= 0.3 is 5.97 Å². The van der Waals surface area contributed by atoms with Crippen LogP contribution in [0.3, 0.4) is 0 Å². The Morgan fingerprint density at radius 1 is 0.904 bits per heavy atom. The minimum Gasteiger partial charge on any atom is -0.462 e. The zero-order valence-electron chi connectivity index (χ0n) is 33.2. The molecule has 298 valence electrons. The molecule has 1 unspecified atom stereocenters. The van der Waals surface area contributed by atoms with Crippen molar-refractivity contribution in [3.63, 3.8) is 0 Å². The summed E-state index contributed by atoms with van der Waals surface area (Å²) in [7, 11) is 3.60. The van der Waals surface area contributed by atoms with Gasteiger partial charge in [-0.15, -0.1) is 0 Å². The maximum atomic E-state index is 13.8. The van der Waals surface area contributed by atoms with Gasteiger partial charge in [0.05, 0.1) is 36.9 Å². The van der Waals surface area contributed by atoms with Gasteiger partial charge < -0.3 is 44.2 Å². The van der Waals surface area contributed by atoms with Crippen LogP contribution in [0.1, 0.15) is 98.8 Å². The first-order valence-corrected chi connectivity index (χ1v) is 20.3. The number of aliphatic hydroxyl groups is 3. The zero-order valence-corrected chi connectivity index (χ0v) is 33.2. The first-order chi connectivity index (χ1) is 24.8. The molecule has 3 saturated heterocycles. The van der Waals surface area contributed by atoms with E-state index in [0.29, 0.717) is 19.3 Å². The van der Waals surface area contributed by atoms with E-state index >= 15 is 0 Å². The standard InChI is InChI=1S/C41H71N3O8/c1-8-35-32(26-44-20-13-10-14-21-44)23-27(2)15-16-33(45)28(3)24-31(17-22-43-18-11-9-12-19-43)40(29(4)34(46)25-36(47)51-35)52-41-39(49)37(42(6)7)38(48)30(5)50-41/h15-16,23,28-32,34-35,37-41,46,48-49H,8-14,17-22,24-26H2,1-7H3/b16-15+,27-23+/t28-,29+,30+,31+,32-,34-,35-,37+,38-,39+,40-,41?/m1/s1.